The summed E-state index contributed by atoms with van der Waals surface area (Å²) >= 11 is -1.17. The summed E-state index contributed by atoms with van der Waals surface area (Å²) in [5, 5.41) is 0. The minimum Gasteiger partial charge on any atom is -0.246 e. The van der Waals surface area contributed by atoms with Crippen LogP contribution >= 0.6 is 10.0 Å². The summed E-state index contributed by atoms with van der Waals surface area (Å²) in [6.45, 7) is 0. The zero-order valence-corrected chi connectivity index (χ0v) is 10.7. The molecule has 14 heavy (non-hydrogen) atoms. The zero-order chi connectivity index (χ0) is 9.80. The molecule has 0 saturated heterocycles. The van der Waals surface area contributed by atoms with Crippen molar-refractivity contribution in [3.8, 4) is 0 Å². The van der Waals surface area contributed by atoms with Crippen molar-refractivity contribution in [2.24, 2.45) is 0 Å². The van der Waals surface area contributed by atoms with Gasteiger partial charge in [0, 0.05) is 0 Å². The Morgan fingerprint density at radius 2 is 1.36 bits per heavy atom. The minimum atomic E-state index is -1.17. The zero-order valence-electron chi connectivity index (χ0n) is 8.77. The van der Waals surface area contributed by atoms with Gasteiger partial charge in [0.1, 0.15) is 0 Å². The Labute approximate surface area is 95.6 Å². The highest BCUT2D eigenvalue weighted by molar-refractivity contribution is 7.14. The lowest BCUT2D eigenvalue weighted by Gasteiger charge is -2.19. The Morgan fingerprint density at radius 1 is 0.857 bits per heavy atom. The van der Waals surface area contributed by atoms with Crippen LogP contribution in [0.2, 0.25) is 0 Å². The van der Waals surface area contributed by atoms with Gasteiger partial charge in [0.25, 0.3) is 0 Å². The molecule has 0 unspecified atom stereocenters. The minimum absolute atomic E-state index is 1.17. The fourth-order valence-electron chi connectivity index (χ4n) is 2.42. The summed E-state index contributed by atoms with van der Waals surface area (Å²) in [6, 6.07) is 0. The maximum absolute atomic E-state index is 6.64. The Morgan fingerprint density at radius 3 is 1.71 bits per heavy atom. The second-order valence-electron chi connectivity index (χ2n) is 4.41. The van der Waals surface area contributed by atoms with E-state index in [9.17, 15) is 0 Å². The van der Waals surface area contributed by atoms with Gasteiger partial charge in [-0.15, -0.1) is 8.87 Å². The van der Waals surface area contributed by atoms with E-state index in [2.05, 4.69) is 12.2 Å². The van der Waals surface area contributed by atoms with Gasteiger partial charge < -0.3 is 0 Å². The van der Waals surface area contributed by atoms with Gasteiger partial charge in [-0.1, -0.05) is 25.0 Å². The van der Waals surface area contributed by atoms with Crippen LogP contribution in [0, 0.1) is 0 Å². The molecule has 0 atom stereocenters. The summed E-state index contributed by atoms with van der Waals surface area (Å²) in [4.78, 5) is 0. The van der Waals surface area contributed by atoms with Gasteiger partial charge in [-0.3, -0.25) is 0 Å². The Balaban J connectivity index is 2.02. The van der Waals surface area contributed by atoms with Crippen molar-refractivity contribution in [1.82, 2.24) is 0 Å². The maximum atomic E-state index is 6.64. The highest BCUT2D eigenvalue weighted by Gasteiger charge is 2.26. The third-order valence-electron chi connectivity index (χ3n) is 3.30. The van der Waals surface area contributed by atoms with Crippen molar-refractivity contribution in [3.63, 3.8) is 0 Å². The van der Waals surface area contributed by atoms with Gasteiger partial charge in [0.05, 0.1) is 0 Å². The van der Waals surface area contributed by atoms with Gasteiger partial charge in [0.15, 0.2) is 0 Å². The van der Waals surface area contributed by atoms with E-state index in [0.29, 0.717) is 0 Å². The molecular weight excluding hydrogens is 207 g/mol. The largest absolute Gasteiger partial charge is 0.466 e. The first kappa shape index (κ1) is 10.8. The van der Waals surface area contributed by atoms with Crippen LogP contribution in [0.5, 0.6) is 0 Å². The first-order valence-corrected chi connectivity index (χ1v) is 8.80. The average Bonchev–Trinajstić information content (AvgIpc) is 2.30. The molecule has 0 heterocycles. The molecule has 0 bridgehead atoms. The van der Waals surface area contributed by atoms with Gasteiger partial charge in [-0.2, -0.15) is 0 Å². The lowest BCUT2D eigenvalue weighted by atomic mass is 10.1. The van der Waals surface area contributed by atoms with Gasteiger partial charge in [-0.05, 0) is 38.5 Å². The quantitative estimate of drug-likeness (QED) is 0.614. The van der Waals surface area contributed by atoms with Crippen LogP contribution in [-0.2, 0) is 0 Å². The second kappa shape index (κ2) is 5.40. The molecule has 0 fully saturated rings. The monoisotopic (exact) mass is 224 g/mol. The third-order valence-corrected chi connectivity index (χ3v) is 7.34. The molecule has 0 radical (unpaired) electrons. The normalized spacial score (nSPS) is 22.6. The van der Waals surface area contributed by atoms with Crippen molar-refractivity contribution in [1.29, 1.82) is 0 Å². The Kier molecular flexibility index (Phi) is 4.17. The van der Waals surface area contributed by atoms with Gasteiger partial charge in [-0.25, -0.2) is 10.0 Å². The van der Waals surface area contributed by atoms with Crippen molar-refractivity contribution >= 4 is 23.3 Å². The van der Waals surface area contributed by atoms with Crippen LogP contribution in [0.25, 0.3) is 0 Å². The van der Waals surface area contributed by atoms with E-state index >= 15 is 0 Å². The van der Waals surface area contributed by atoms with Crippen LogP contribution in [-0.4, -0.2) is 13.2 Å². The predicted octanol–water partition coefficient (Wildman–Crippen LogP) is 4.30. The highest BCUT2D eigenvalue weighted by atomic mass is 35.6. The predicted molar refractivity (Wildman–Crippen MR) is 64.7 cm³/mol. The maximum Gasteiger partial charge on any atom is 0.466 e. The fraction of sp³-hybridized carbons (Fsp3) is 0.667. The molecule has 2 aliphatic rings. The highest BCUT2D eigenvalue weighted by Crippen LogP contribution is 2.29. The van der Waals surface area contributed by atoms with Crippen LogP contribution in [0.4, 0.5) is 0 Å². The molecule has 0 aromatic heterocycles. The molecule has 2 heteroatoms. The second-order valence-corrected chi connectivity index (χ2v) is 7.93. The molecular formula is C12H18AlCl. The van der Waals surface area contributed by atoms with E-state index in [-0.39, 0.29) is 0 Å². The van der Waals surface area contributed by atoms with Crippen molar-refractivity contribution in [2.45, 2.75) is 51.4 Å². The molecule has 0 nitrogen and oxygen atoms in total. The molecule has 0 amide bonds. The molecule has 0 spiro atoms. The standard InChI is InChI=1S/2C6H9.Al.ClH/c2*1-2-4-6-5-3-1;;/h2*1H,2,4-6H2;;1H/q;;+1;/p-1. The van der Waals surface area contributed by atoms with Crippen molar-refractivity contribution < 1.29 is 0 Å². The molecule has 76 valence electrons. The average molecular weight is 225 g/mol. The summed E-state index contributed by atoms with van der Waals surface area (Å²) < 4.78 is 3.26. The van der Waals surface area contributed by atoms with Gasteiger partial charge >= 0.3 is 13.2 Å². The van der Waals surface area contributed by atoms with E-state index in [0.717, 1.165) is 0 Å². The number of rotatable bonds is 2. The SMILES string of the molecule is [Cl][Al]([C]1=CCCCC1)[C]1=CCCCC1. The summed E-state index contributed by atoms with van der Waals surface area (Å²) in [7, 11) is 6.64. The Bertz CT molecular complexity index is 229. The molecule has 0 aliphatic heterocycles. The summed E-state index contributed by atoms with van der Waals surface area (Å²) in [5.41, 5.74) is 0. The first-order chi connectivity index (χ1) is 6.88. The fourth-order valence-corrected chi connectivity index (χ4v) is 5.75. The lowest BCUT2D eigenvalue weighted by molar-refractivity contribution is 0.710. The summed E-state index contributed by atoms with van der Waals surface area (Å²) in [5.74, 6) is 0. The molecule has 0 saturated carbocycles. The van der Waals surface area contributed by atoms with Crippen LogP contribution < -0.4 is 0 Å². The van der Waals surface area contributed by atoms with Crippen LogP contribution in [0.3, 0.4) is 0 Å². The van der Waals surface area contributed by atoms with Crippen LogP contribution in [0.1, 0.15) is 51.4 Å². The molecule has 0 aromatic rings. The number of halogens is 1. The number of hydrogen-bond acceptors (Lipinski definition) is 0. The smallest absolute Gasteiger partial charge is 0.246 e. The topological polar surface area (TPSA) is 0 Å². The van der Waals surface area contributed by atoms with E-state index in [1.807, 2.05) is 0 Å². The van der Waals surface area contributed by atoms with Gasteiger partial charge in [0.2, 0.25) is 0 Å². The Hall–Kier alpha value is 0.302. The van der Waals surface area contributed by atoms with Crippen LogP contribution in [0.15, 0.2) is 21.0 Å². The van der Waals surface area contributed by atoms with E-state index < -0.39 is 13.2 Å². The summed E-state index contributed by atoms with van der Waals surface area (Å²) in [6.07, 6.45) is 15.5. The van der Waals surface area contributed by atoms with Crippen molar-refractivity contribution in [3.05, 3.63) is 21.0 Å². The molecule has 0 aromatic carbocycles. The molecule has 0 N–H and O–H groups in total. The van der Waals surface area contributed by atoms with E-state index in [4.69, 9.17) is 10.0 Å². The van der Waals surface area contributed by atoms with Crippen molar-refractivity contribution in [2.75, 3.05) is 0 Å². The number of allylic oxidation sites excluding steroid dienone is 4. The van der Waals surface area contributed by atoms with E-state index in [1.54, 1.807) is 8.87 Å². The molecule has 2 aliphatic carbocycles. The lowest BCUT2D eigenvalue weighted by Crippen LogP contribution is -2.16. The molecule has 2 rings (SSSR count). The third kappa shape index (κ3) is 2.66. The number of hydrogen-bond donors (Lipinski definition) is 0. The first-order valence-electron chi connectivity index (χ1n) is 5.90. The van der Waals surface area contributed by atoms with E-state index in [1.165, 1.54) is 51.4 Å².